The highest BCUT2D eigenvalue weighted by atomic mass is 16.5. The van der Waals surface area contributed by atoms with Crippen molar-refractivity contribution in [2.75, 3.05) is 0 Å². The van der Waals surface area contributed by atoms with Crippen molar-refractivity contribution in [2.45, 2.75) is 20.3 Å². The van der Waals surface area contributed by atoms with Crippen LogP contribution in [0.4, 0.5) is 0 Å². The summed E-state index contributed by atoms with van der Waals surface area (Å²) in [6.45, 7) is 4.26. The zero-order chi connectivity index (χ0) is 18.5. The first-order valence-corrected chi connectivity index (χ1v) is 9.10. The molecular weight excluding hydrogens is 334 g/mol. The number of aromatic nitrogens is 1. The van der Waals surface area contributed by atoms with E-state index in [4.69, 9.17) is 4.52 Å². The van der Waals surface area contributed by atoms with Crippen LogP contribution in [-0.2, 0) is 6.42 Å². The number of rotatable bonds is 1. The Morgan fingerprint density at radius 3 is 2.11 bits per heavy atom. The van der Waals surface area contributed by atoms with Crippen molar-refractivity contribution >= 4 is 0 Å². The second-order valence-electron chi connectivity index (χ2n) is 7.18. The summed E-state index contributed by atoms with van der Waals surface area (Å²) in [5, 5.41) is 14.2. The lowest BCUT2D eigenvalue weighted by Gasteiger charge is -2.11. The minimum Gasteiger partial charge on any atom is -0.508 e. The van der Waals surface area contributed by atoms with E-state index in [-0.39, 0.29) is 5.75 Å². The predicted molar refractivity (Wildman–Crippen MR) is 107 cm³/mol. The smallest absolute Gasteiger partial charge is 0.175 e. The average molecular weight is 353 g/mol. The first kappa shape index (κ1) is 15.9. The molecule has 1 aliphatic carbocycles. The third-order valence-electron chi connectivity index (χ3n) is 5.41. The Labute approximate surface area is 157 Å². The van der Waals surface area contributed by atoms with Gasteiger partial charge in [-0.2, -0.15) is 0 Å². The highest BCUT2D eigenvalue weighted by Crippen LogP contribution is 2.47. The second-order valence-corrected chi connectivity index (χ2v) is 7.18. The predicted octanol–water partition coefficient (Wildman–Crippen LogP) is 5.90. The van der Waals surface area contributed by atoms with Crippen molar-refractivity contribution in [3.05, 3.63) is 82.9 Å². The minimum atomic E-state index is 0.238. The third-order valence-corrected chi connectivity index (χ3v) is 5.41. The maximum Gasteiger partial charge on any atom is 0.175 e. The number of hydrogen-bond donors (Lipinski definition) is 1. The molecule has 27 heavy (non-hydrogen) atoms. The van der Waals surface area contributed by atoms with Crippen molar-refractivity contribution in [2.24, 2.45) is 0 Å². The summed E-state index contributed by atoms with van der Waals surface area (Å²) in [6, 6.07) is 20.0. The van der Waals surface area contributed by atoms with Gasteiger partial charge in [-0.25, -0.2) is 0 Å². The van der Waals surface area contributed by atoms with Crippen molar-refractivity contribution < 1.29 is 9.63 Å². The van der Waals surface area contributed by atoms with E-state index >= 15 is 0 Å². The van der Waals surface area contributed by atoms with Gasteiger partial charge >= 0.3 is 0 Å². The van der Waals surface area contributed by atoms with Gasteiger partial charge in [0.2, 0.25) is 0 Å². The average Bonchev–Trinajstić information content (AvgIpc) is 3.00. The van der Waals surface area contributed by atoms with Crippen molar-refractivity contribution in [3.63, 3.8) is 0 Å². The van der Waals surface area contributed by atoms with Crippen LogP contribution >= 0.6 is 0 Å². The van der Waals surface area contributed by atoms with Crippen LogP contribution < -0.4 is 0 Å². The monoisotopic (exact) mass is 353 g/mol. The Balaban J connectivity index is 1.90. The summed E-state index contributed by atoms with van der Waals surface area (Å²) in [6.07, 6.45) is 0.874. The van der Waals surface area contributed by atoms with Crippen LogP contribution in [0.15, 0.2) is 65.2 Å². The molecule has 0 saturated carbocycles. The largest absolute Gasteiger partial charge is 0.508 e. The van der Waals surface area contributed by atoms with Gasteiger partial charge in [0.05, 0.1) is 5.56 Å². The maximum absolute atomic E-state index is 9.66. The Hall–Kier alpha value is -3.33. The number of fused-ring (bicyclic) bond motifs is 5. The van der Waals surface area contributed by atoms with E-state index < -0.39 is 0 Å². The SMILES string of the molecule is Cc1cccc2c1-c1noc(-c3ccc(O)cc3)c1-c1c(C)cccc1C2. The number of phenols is 1. The zero-order valence-electron chi connectivity index (χ0n) is 15.3. The molecule has 0 saturated heterocycles. The molecule has 0 spiro atoms. The topological polar surface area (TPSA) is 46.3 Å². The van der Waals surface area contributed by atoms with Gasteiger partial charge in [0.1, 0.15) is 11.4 Å². The first-order valence-electron chi connectivity index (χ1n) is 9.10. The summed E-state index contributed by atoms with van der Waals surface area (Å²) in [5.41, 5.74) is 10.2. The number of hydrogen-bond acceptors (Lipinski definition) is 3. The Kier molecular flexibility index (Phi) is 3.44. The van der Waals surface area contributed by atoms with Gasteiger partial charge in [-0.05, 0) is 72.4 Å². The molecule has 132 valence electrons. The van der Waals surface area contributed by atoms with E-state index in [1.807, 2.05) is 12.1 Å². The summed E-state index contributed by atoms with van der Waals surface area (Å²) < 4.78 is 5.89. The van der Waals surface area contributed by atoms with E-state index in [0.29, 0.717) is 0 Å². The molecule has 0 unspecified atom stereocenters. The van der Waals surface area contributed by atoms with E-state index in [9.17, 15) is 5.11 Å². The van der Waals surface area contributed by atoms with Gasteiger partial charge in [0, 0.05) is 11.1 Å². The standard InChI is InChI=1S/C24H19NO2/c1-14-5-3-7-17-13-18-8-4-6-15(2)21(18)23-22(20(14)17)24(27-25-23)16-9-11-19(26)12-10-16/h3-12,26H,13H2,1-2H3. The van der Waals surface area contributed by atoms with Crippen molar-refractivity contribution in [3.8, 4) is 39.5 Å². The molecule has 0 radical (unpaired) electrons. The van der Waals surface area contributed by atoms with Crippen LogP contribution in [0.3, 0.4) is 0 Å². The molecule has 4 aromatic rings. The highest BCUT2D eigenvalue weighted by Gasteiger charge is 2.29. The quantitative estimate of drug-likeness (QED) is 0.408. The van der Waals surface area contributed by atoms with E-state index in [1.54, 1.807) is 12.1 Å². The fourth-order valence-corrected chi connectivity index (χ4v) is 4.16. The molecule has 0 aliphatic heterocycles. The third kappa shape index (κ3) is 2.39. The molecule has 3 heteroatoms. The van der Waals surface area contributed by atoms with Gasteiger partial charge in [-0.3, -0.25) is 0 Å². The van der Waals surface area contributed by atoms with Crippen LogP contribution in [0, 0.1) is 13.8 Å². The fraction of sp³-hybridized carbons (Fsp3) is 0.125. The molecular formula is C24H19NO2. The Bertz CT molecular complexity index is 1170. The molecule has 3 aromatic carbocycles. The van der Waals surface area contributed by atoms with Crippen LogP contribution in [0.2, 0.25) is 0 Å². The summed E-state index contributed by atoms with van der Waals surface area (Å²) in [7, 11) is 0. The lowest BCUT2D eigenvalue weighted by atomic mass is 9.91. The number of aryl methyl sites for hydroxylation is 2. The van der Waals surface area contributed by atoms with Crippen LogP contribution in [-0.4, -0.2) is 10.3 Å². The van der Waals surface area contributed by atoms with E-state index in [2.05, 4.69) is 55.4 Å². The van der Waals surface area contributed by atoms with Gasteiger partial charge in [-0.15, -0.1) is 0 Å². The highest BCUT2D eigenvalue weighted by molar-refractivity contribution is 5.95. The van der Waals surface area contributed by atoms with Gasteiger partial charge in [0.15, 0.2) is 5.76 Å². The van der Waals surface area contributed by atoms with Gasteiger partial charge < -0.3 is 9.63 Å². The van der Waals surface area contributed by atoms with Gasteiger partial charge in [0.25, 0.3) is 0 Å². The first-order chi connectivity index (χ1) is 13.1. The number of phenolic OH excluding ortho intramolecular Hbond substituents is 1. The Morgan fingerprint density at radius 2 is 1.41 bits per heavy atom. The second kappa shape index (κ2) is 5.85. The molecule has 1 aliphatic rings. The van der Waals surface area contributed by atoms with Crippen molar-refractivity contribution in [1.29, 1.82) is 0 Å². The lowest BCUT2D eigenvalue weighted by molar-refractivity contribution is 0.435. The molecule has 1 aromatic heterocycles. The number of aromatic hydroxyl groups is 1. The molecule has 0 bridgehead atoms. The van der Waals surface area contributed by atoms with Crippen LogP contribution in [0.25, 0.3) is 33.7 Å². The van der Waals surface area contributed by atoms with E-state index in [1.165, 1.54) is 27.8 Å². The summed E-state index contributed by atoms with van der Waals surface area (Å²) in [4.78, 5) is 0. The molecule has 1 N–H and O–H groups in total. The molecule has 5 rings (SSSR count). The molecule has 3 nitrogen and oxygen atoms in total. The zero-order valence-corrected chi connectivity index (χ0v) is 15.3. The molecule has 0 atom stereocenters. The van der Waals surface area contributed by atoms with E-state index in [0.717, 1.165) is 34.6 Å². The molecule has 0 fully saturated rings. The summed E-state index contributed by atoms with van der Waals surface area (Å²) in [5.74, 6) is 0.985. The Morgan fingerprint density at radius 1 is 0.778 bits per heavy atom. The lowest BCUT2D eigenvalue weighted by Crippen LogP contribution is -1.93. The van der Waals surface area contributed by atoms with Crippen LogP contribution in [0.5, 0.6) is 5.75 Å². The molecule has 1 heterocycles. The van der Waals surface area contributed by atoms with Crippen LogP contribution in [0.1, 0.15) is 22.3 Å². The molecule has 0 amide bonds. The van der Waals surface area contributed by atoms with Crippen molar-refractivity contribution in [1.82, 2.24) is 5.16 Å². The minimum absolute atomic E-state index is 0.238. The van der Waals surface area contributed by atoms with Gasteiger partial charge in [-0.1, -0.05) is 41.6 Å². The summed E-state index contributed by atoms with van der Waals surface area (Å²) >= 11 is 0. The number of nitrogens with zero attached hydrogens (tertiary/aromatic N) is 1. The fourth-order valence-electron chi connectivity index (χ4n) is 4.16. The number of benzene rings is 3. The maximum atomic E-state index is 9.66. The normalized spacial score (nSPS) is 12.1.